The van der Waals surface area contributed by atoms with Crippen molar-refractivity contribution in [3.05, 3.63) is 33.8 Å². The molecule has 0 unspecified atom stereocenters. The molecule has 0 aliphatic carbocycles. The van der Waals surface area contributed by atoms with E-state index in [2.05, 4.69) is 27.8 Å². The SMILES string of the molecule is Cc1cc(Br)ccc1C#CCC(=O)O. The fourth-order valence-corrected chi connectivity index (χ4v) is 1.46. The average molecular weight is 253 g/mol. The van der Waals surface area contributed by atoms with E-state index in [9.17, 15) is 4.79 Å². The lowest BCUT2D eigenvalue weighted by Crippen LogP contribution is -1.90. The predicted molar refractivity (Wildman–Crippen MR) is 58.0 cm³/mol. The van der Waals surface area contributed by atoms with Gasteiger partial charge < -0.3 is 5.11 Å². The maximum absolute atomic E-state index is 10.2. The molecule has 1 aromatic carbocycles. The number of carboxylic acid groups (broad SMARTS) is 1. The highest BCUT2D eigenvalue weighted by molar-refractivity contribution is 9.10. The monoisotopic (exact) mass is 252 g/mol. The van der Waals surface area contributed by atoms with E-state index < -0.39 is 5.97 Å². The molecule has 3 heteroatoms. The molecule has 1 N–H and O–H groups in total. The van der Waals surface area contributed by atoms with Crippen LogP contribution in [0.2, 0.25) is 0 Å². The van der Waals surface area contributed by atoms with Crippen molar-refractivity contribution in [3.8, 4) is 11.8 Å². The summed E-state index contributed by atoms with van der Waals surface area (Å²) in [5.41, 5.74) is 1.91. The molecule has 0 amide bonds. The van der Waals surface area contributed by atoms with Gasteiger partial charge in [-0.1, -0.05) is 27.8 Å². The van der Waals surface area contributed by atoms with Crippen molar-refractivity contribution in [1.29, 1.82) is 0 Å². The first kappa shape index (κ1) is 10.8. The number of aliphatic carboxylic acids is 1. The molecular formula is C11H9BrO2. The Morgan fingerprint density at radius 1 is 1.57 bits per heavy atom. The normalized spacial score (nSPS) is 9.00. The van der Waals surface area contributed by atoms with E-state index in [0.29, 0.717) is 0 Å². The Morgan fingerprint density at radius 3 is 2.86 bits per heavy atom. The molecule has 1 rings (SSSR count). The quantitative estimate of drug-likeness (QED) is 0.781. The maximum Gasteiger partial charge on any atom is 0.315 e. The first-order valence-electron chi connectivity index (χ1n) is 4.06. The van der Waals surface area contributed by atoms with Gasteiger partial charge in [0.15, 0.2) is 0 Å². The second-order valence-electron chi connectivity index (χ2n) is 2.83. The first-order chi connectivity index (χ1) is 6.59. The van der Waals surface area contributed by atoms with Crippen LogP contribution in [0.4, 0.5) is 0 Å². The summed E-state index contributed by atoms with van der Waals surface area (Å²) < 4.78 is 0.999. The lowest BCUT2D eigenvalue weighted by Gasteiger charge is -1.97. The van der Waals surface area contributed by atoms with E-state index in [0.717, 1.165) is 15.6 Å². The number of rotatable bonds is 1. The van der Waals surface area contributed by atoms with Crippen LogP contribution in [0.25, 0.3) is 0 Å². The molecule has 0 aliphatic heterocycles. The first-order valence-corrected chi connectivity index (χ1v) is 4.85. The smallest absolute Gasteiger partial charge is 0.315 e. The minimum atomic E-state index is -0.896. The largest absolute Gasteiger partial charge is 0.481 e. The number of halogens is 1. The summed E-state index contributed by atoms with van der Waals surface area (Å²) in [5, 5.41) is 8.39. The second kappa shape index (κ2) is 4.83. The molecular weight excluding hydrogens is 244 g/mol. The lowest BCUT2D eigenvalue weighted by molar-refractivity contribution is -0.135. The summed E-state index contributed by atoms with van der Waals surface area (Å²) in [6.45, 7) is 1.94. The molecule has 0 spiro atoms. The van der Waals surface area contributed by atoms with Gasteiger partial charge in [-0.2, -0.15) is 0 Å². The number of carboxylic acids is 1. The topological polar surface area (TPSA) is 37.3 Å². The molecule has 0 saturated heterocycles. The molecule has 2 nitrogen and oxygen atoms in total. The average Bonchev–Trinajstić information content (AvgIpc) is 2.08. The lowest BCUT2D eigenvalue weighted by atomic mass is 10.1. The van der Waals surface area contributed by atoms with Crippen LogP contribution in [-0.4, -0.2) is 11.1 Å². The Balaban J connectivity index is 2.85. The molecule has 0 atom stereocenters. The molecule has 0 saturated carbocycles. The third kappa shape index (κ3) is 3.23. The van der Waals surface area contributed by atoms with Gasteiger partial charge in [0.2, 0.25) is 0 Å². The van der Waals surface area contributed by atoms with Gasteiger partial charge in [-0.05, 0) is 30.7 Å². The number of aryl methyl sites for hydroxylation is 1. The van der Waals surface area contributed by atoms with Crippen molar-refractivity contribution in [2.45, 2.75) is 13.3 Å². The summed E-state index contributed by atoms with van der Waals surface area (Å²) in [6.07, 6.45) is -0.116. The predicted octanol–water partition coefficient (Wildman–Crippen LogP) is 2.58. The number of carbonyl (C=O) groups is 1. The minimum absolute atomic E-state index is 0.116. The van der Waals surface area contributed by atoms with Gasteiger partial charge in [0, 0.05) is 10.0 Å². The van der Waals surface area contributed by atoms with Gasteiger partial charge in [0.25, 0.3) is 0 Å². The standard InChI is InChI=1S/C11H9BrO2/c1-8-7-10(12)6-5-9(8)3-2-4-11(13)14/h5-7H,4H2,1H3,(H,13,14). The second-order valence-corrected chi connectivity index (χ2v) is 3.75. The van der Waals surface area contributed by atoms with Crippen molar-refractivity contribution in [1.82, 2.24) is 0 Å². The summed E-state index contributed by atoms with van der Waals surface area (Å²) in [6, 6.07) is 5.71. The summed E-state index contributed by atoms with van der Waals surface area (Å²) >= 11 is 3.35. The molecule has 0 heterocycles. The van der Waals surface area contributed by atoms with Gasteiger partial charge >= 0.3 is 5.97 Å². The van der Waals surface area contributed by atoms with E-state index >= 15 is 0 Å². The number of benzene rings is 1. The minimum Gasteiger partial charge on any atom is -0.481 e. The molecule has 72 valence electrons. The van der Waals surface area contributed by atoms with Crippen molar-refractivity contribution in [2.75, 3.05) is 0 Å². The van der Waals surface area contributed by atoms with Crippen molar-refractivity contribution >= 4 is 21.9 Å². The van der Waals surface area contributed by atoms with Crippen LogP contribution in [-0.2, 0) is 4.79 Å². The van der Waals surface area contributed by atoms with Gasteiger partial charge in [0.1, 0.15) is 6.42 Å². The molecule has 0 radical (unpaired) electrons. The van der Waals surface area contributed by atoms with Gasteiger partial charge in [-0.15, -0.1) is 0 Å². The third-order valence-electron chi connectivity index (χ3n) is 1.65. The van der Waals surface area contributed by atoms with Crippen LogP contribution in [0.3, 0.4) is 0 Å². The Bertz CT molecular complexity index is 413. The highest BCUT2D eigenvalue weighted by Crippen LogP contribution is 2.14. The molecule has 14 heavy (non-hydrogen) atoms. The van der Waals surface area contributed by atoms with Crippen LogP contribution >= 0.6 is 15.9 Å². The third-order valence-corrected chi connectivity index (χ3v) is 2.14. The Labute approximate surface area is 91.1 Å². The molecule has 0 aromatic heterocycles. The van der Waals surface area contributed by atoms with E-state index in [1.54, 1.807) is 0 Å². The van der Waals surface area contributed by atoms with Crippen molar-refractivity contribution < 1.29 is 9.90 Å². The highest BCUT2D eigenvalue weighted by atomic mass is 79.9. The summed E-state index contributed by atoms with van der Waals surface area (Å²) in [7, 11) is 0. The van der Waals surface area contributed by atoms with Crippen molar-refractivity contribution in [2.24, 2.45) is 0 Å². The summed E-state index contributed by atoms with van der Waals surface area (Å²) in [4.78, 5) is 10.2. The molecule has 0 fully saturated rings. The zero-order chi connectivity index (χ0) is 10.6. The van der Waals surface area contributed by atoms with E-state index in [4.69, 9.17) is 5.11 Å². The number of hydrogen-bond donors (Lipinski definition) is 1. The van der Waals surface area contributed by atoms with Gasteiger partial charge in [-0.25, -0.2) is 0 Å². The van der Waals surface area contributed by atoms with Crippen molar-refractivity contribution in [3.63, 3.8) is 0 Å². The zero-order valence-electron chi connectivity index (χ0n) is 7.67. The number of hydrogen-bond acceptors (Lipinski definition) is 1. The molecule has 1 aromatic rings. The highest BCUT2D eigenvalue weighted by Gasteiger charge is 1.95. The van der Waals surface area contributed by atoms with E-state index in [1.807, 2.05) is 25.1 Å². The van der Waals surface area contributed by atoms with Crippen LogP contribution in [0.1, 0.15) is 17.5 Å². The van der Waals surface area contributed by atoms with Crippen LogP contribution in [0, 0.1) is 18.8 Å². The molecule has 0 bridgehead atoms. The zero-order valence-corrected chi connectivity index (χ0v) is 9.26. The fourth-order valence-electron chi connectivity index (χ4n) is 0.982. The Hall–Kier alpha value is -1.27. The Morgan fingerprint density at radius 2 is 2.29 bits per heavy atom. The molecule has 0 aliphatic rings. The Kier molecular flexibility index (Phi) is 3.73. The summed E-state index contributed by atoms with van der Waals surface area (Å²) in [5.74, 6) is 4.52. The maximum atomic E-state index is 10.2. The fraction of sp³-hybridized carbons (Fsp3) is 0.182. The van der Waals surface area contributed by atoms with Crippen LogP contribution in [0.15, 0.2) is 22.7 Å². The van der Waals surface area contributed by atoms with Gasteiger partial charge in [0.05, 0.1) is 0 Å². The van der Waals surface area contributed by atoms with E-state index in [1.165, 1.54) is 0 Å². The van der Waals surface area contributed by atoms with Crippen LogP contribution < -0.4 is 0 Å². The van der Waals surface area contributed by atoms with Crippen LogP contribution in [0.5, 0.6) is 0 Å². The van der Waals surface area contributed by atoms with Gasteiger partial charge in [-0.3, -0.25) is 4.79 Å². The van der Waals surface area contributed by atoms with E-state index in [-0.39, 0.29) is 6.42 Å².